The van der Waals surface area contributed by atoms with Gasteiger partial charge in [0.2, 0.25) is 10.0 Å². The lowest BCUT2D eigenvalue weighted by molar-refractivity contribution is 0.126. The Morgan fingerprint density at radius 3 is 2.74 bits per heavy atom. The van der Waals surface area contributed by atoms with E-state index in [2.05, 4.69) is 16.8 Å². The molecule has 5 nitrogen and oxygen atoms in total. The van der Waals surface area contributed by atoms with Gasteiger partial charge in [-0.1, -0.05) is 11.8 Å². The Bertz CT molecular complexity index is 593. The van der Waals surface area contributed by atoms with E-state index in [4.69, 9.17) is 5.11 Å². The molecule has 0 saturated heterocycles. The van der Waals surface area contributed by atoms with Crippen LogP contribution in [0, 0.1) is 11.8 Å². The van der Waals surface area contributed by atoms with Crippen LogP contribution >= 0.6 is 0 Å². The number of pyridine rings is 1. The number of halogens is 2. The summed E-state index contributed by atoms with van der Waals surface area (Å²) in [5, 5.41) is 8.54. The van der Waals surface area contributed by atoms with Crippen LogP contribution in [0.2, 0.25) is 0 Å². The highest BCUT2D eigenvalue weighted by Gasteiger charge is 2.24. The summed E-state index contributed by atoms with van der Waals surface area (Å²) in [4.78, 5) is 3.47. The largest absolute Gasteiger partial charge is 0.384 e. The van der Waals surface area contributed by atoms with Gasteiger partial charge in [-0.3, -0.25) is 4.98 Å². The highest BCUT2D eigenvalue weighted by molar-refractivity contribution is 7.89. The van der Waals surface area contributed by atoms with E-state index in [1.165, 1.54) is 12.3 Å². The maximum absolute atomic E-state index is 12.2. The second kappa shape index (κ2) is 6.56. The van der Waals surface area contributed by atoms with Crippen LogP contribution in [-0.2, 0) is 10.0 Å². The van der Waals surface area contributed by atoms with E-state index in [0.717, 1.165) is 13.2 Å². The number of aliphatic hydroxyl groups is 1. The second-order valence-corrected chi connectivity index (χ2v) is 5.59. The SMILES string of the molecule is CN(CC(F)F)S(=O)(=O)c1cncc(C#CCO)c1. The van der Waals surface area contributed by atoms with Crippen molar-refractivity contribution in [2.75, 3.05) is 20.2 Å². The molecular formula is C11H12F2N2O3S. The molecule has 1 N–H and O–H groups in total. The monoisotopic (exact) mass is 290 g/mol. The van der Waals surface area contributed by atoms with Crippen molar-refractivity contribution in [2.24, 2.45) is 0 Å². The zero-order chi connectivity index (χ0) is 14.5. The van der Waals surface area contributed by atoms with Gasteiger partial charge in [-0.25, -0.2) is 17.2 Å². The van der Waals surface area contributed by atoms with Crippen molar-refractivity contribution in [3.8, 4) is 11.8 Å². The highest BCUT2D eigenvalue weighted by Crippen LogP contribution is 2.15. The van der Waals surface area contributed by atoms with Crippen LogP contribution in [0.4, 0.5) is 8.78 Å². The average Bonchev–Trinajstić information content (AvgIpc) is 2.35. The van der Waals surface area contributed by atoms with Gasteiger partial charge in [0.1, 0.15) is 11.5 Å². The van der Waals surface area contributed by atoms with Gasteiger partial charge in [-0.2, -0.15) is 4.31 Å². The molecule has 0 aliphatic rings. The minimum atomic E-state index is -4.02. The van der Waals surface area contributed by atoms with Gasteiger partial charge in [-0.15, -0.1) is 0 Å². The summed E-state index contributed by atoms with van der Waals surface area (Å²) in [6, 6.07) is 1.22. The Morgan fingerprint density at radius 2 is 2.16 bits per heavy atom. The van der Waals surface area contributed by atoms with Gasteiger partial charge >= 0.3 is 0 Å². The minimum Gasteiger partial charge on any atom is -0.384 e. The maximum atomic E-state index is 12.2. The van der Waals surface area contributed by atoms with E-state index >= 15 is 0 Å². The summed E-state index contributed by atoms with van der Waals surface area (Å²) in [5.41, 5.74) is 0.278. The molecule has 0 fully saturated rings. The van der Waals surface area contributed by atoms with E-state index in [9.17, 15) is 17.2 Å². The molecule has 0 radical (unpaired) electrons. The number of hydrogen-bond acceptors (Lipinski definition) is 4. The highest BCUT2D eigenvalue weighted by atomic mass is 32.2. The molecule has 0 aromatic carbocycles. The van der Waals surface area contributed by atoms with Crippen LogP contribution in [0.5, 0.6) is 0 Å². The first-order valence-electron chi connectivity index (χ1n) is 5.17. The Morgan fingerprint density at radius 1 is 1.47 bits per heavy atom. The molecule has 19 heavy (non-hydrogen) atoms. The van der Waals surface area contributed by atoms with Gasteiger partial charge in [0.05, 0.1) is 6.54 Å². The third-order valence-electron chi connectivity index (χ3n) is 2.13. The van der Waals surface area contributed by atoms with Gasteiger partial charge in [-0.05, 0) is 6.07 Å². The van der Waals surface area contributed by atoms with E-state index in [-0.39, 0.29) is 17.1 Å². The van der Waals surface area contributed by atoms with Crippen molar-refractivity contribution in [2.45, 2.75) is 11.3 Å². The Hall–Kier alpha value is -1.56. The number of sulfonamides is 1. The Balaban J connectivity index is 3.08. The molecule has 1 rings (SSSR count). The van der Waals surface area contributed by atoms with E-state index < -0.39 is 23.0 Å². The first kappa shape index (κ1) is 15.5. The number of hydrogen-bond donors (Lipinski definition) is 1. The summed E-state index contributed by atoms with van der Waals surface area (Å²) in [7, 11) is -2.96. The number of aromatic nitrogens is 1. The third-order valence-corrected chi connectivity index (χ3v) is 3.92. The van der Waals surface area contributed by atoms with E-state index in [1.807, 2.05) is 0 Å². The van der Waals surface area contributed by atoms with Crippen molar-refractivity contribution in [3.05, 3.63) is 24.0 Å². The van der Waals surface area contributed by atoms with Crippen LogP contribution in [0.3, 0.4) is 0 Å². The summed E-state index contributed by atoms with van der Waals surface area (Å²) in [6.07, 6.45) is -0.388. The first-order chi connectivity index (χ1) is 8.87. The lowest BCUT2D eigenvalue weighted by Crippen LogP contribution is -2.31. The van der Waals surface area contributed by atoms with Crippen molar-refractivity contribution < 1.29 is 22.3 Å². The standard InChI is InChI=1S/C11H12F2N2O3S/c1-15(8-11(12)13)19(17,18)10-5-9(3-2-4-16)6-14-7-10/h5-7,11,16H,4,8H2,1H3. The van der Waals surface area contributed by atoms with Gasteiger partial charge in [0.15, 0.2) is 0 Å². The zero-order valence-corrected chi connectivity index (χ0v) is 10.9. The molecule has 1 aromatic heterocycles. The Kier molecular flexibility index (Phi) is 5.35. The second-order valence-electron chi connectivity index (χ2n) is 3.55. The molecule has 1 heterocycles. The third kappa shape index (κ3) is 4.24. The molecule has 0 spiro atoms. The smallest absolute Gasteiger partial charge is 0.252 e. The molecule has 0 aliphatic heterocycles. The quantitative estimate of drug-likeness (QED) is 0.810. The molecule has 0 atom stereocenters. The van der Waals surface area contributed by atoms with Crippen molar-refractivity contribution in [1.29, 1.82) is 0 Å². The van der Waals surface area contributed by atoms with Crippen LogP contribution in [0.15, 0.2) is 23.4 Å². The predicted molar refractivity (Wildman–Crippen MR) is 64.0 cm³/mol. The van der Waals surface area contributed by atoms with Crippen LogP contribution in [0.1, 0.15) is 5.56 Å². The molecule has 104 valence electrons. The molecule has 0 amide bonds. The lowest BCUT2D eigenvalue weighted by atomic mass is 10.3. The fraction of sp³-hybridized carbons (Fsp3) is 0.364. The topological polar surface area (TPSA) is 70.5 Å². The predicted octanol–water partition coefficient (Wildman–Crippen LogP) is 0.311. The van der Waals surface area contributed by atoms with Crippen LogP contribution < -0.4 is 0 Å². The van der Waals surface area contributed by atoms with Crippen molar-refractivity contribution >= 4 is 10.0 Å². The molecule has 1 aromatic rings. The number of rotatable bonds is 4. The van der Waals surface area contributed by atoms with E-state index in [1.54, 1.807) is 0 Å². The normalized spacial score (nSPS) is 11.5. The molecule has 0 aliphatic carbocycles. The molecular weight excluding hydrogens is 278 g/mol. The number of aliphatic hydroxyl groups excluding tert-OH is 1. The van der Waals surface area contributed by atoms with Gasteiger partial charge in [0.25, 0.3) is 6.43 Å². The Labute approximate surface area is 109 Å². The minimum absolute atomic E-state index is 0.222. The molecule has 0 bridgehead atoms. The fourth-order valence-corrected chi connectivity index (χ4v) is 2.38. The van der Waals surface area contributed by atoms with Crippen LogP contribution in [-0.4, -0.2) is 49.4 Å². The zero-order valence-electron chi connectivity index (χ0n) is 10.0. The summed E-state index contributed by atoms with van der Waals surface area (Å²) in [5.74, 6) is 4.83. The lowest BCUT2D eigenvalue weighted by Gasteiger charge is -2.16. The summed E-state index contributed by atoms with van der Waals surface area (Å²) >= 11 is 0. The van der Waals surface area contributed by atoms with Crippen molar-refractivity contribution in [3.63, 3.8) is 0 Å². The molecule has 0 unspecified atom stereocenters. The summed E-state index contributed by atoms with van der Waals surface area (Å²) < 4.78 is 48.9. The number of nitrogens with zero attached hydrogens (tertiary/aromatic N) is 2. The van der Waals surface area contributed by atoms with Crippen molar-refractivity contribution in [1.82, 2.24) is 9.29 Å². The maximum Gasteiger partial charge on any atom is 0.252 e. The number of alkyl halides is 2. The molecule has 8 heteroatoms. The van der Waals surface area contributed by atoms with Crippen LogP contribution in [0.25, 0.3) is 0 Å². The van der Waals surface area contributed by atoms with Gasteiger partial charge < -0.3 is 5.11 Å². The average molecular weight is 290 g/mol. The first-order valence-corrected chi connectivity index (χ1v) is 6.61. The molecule has 0 saturated carbocycles. The van der Waals surface area contributed by atoms with Gasteiger partial charge in [0, 0.05) is 25.0 Å². The fourth-order valence-electron chi connectivity index (χ4n) is 1.24. The summed E-state index contributed by atoms with van der Waals surface area (Å²) in [6.45, 7) is -1.27. The van der Waals surface area contributed by atoms with E-state index in [0.29, 0.717) is 4.31 Å².